The van der Waals surface area contributed by atoms with Gasteiger partial charge in [-0.25, -0.2) is 0 Å². The number of benzene rings is 1. The third kappa shape index (κ3) is 2.23. The molecule has 1 aliphatic carbocycles. The lowest BCUT2D eigenvalue weighted by Crippen LogP contribution is -2.34. The molecule has 1 aliphatic rings. The number of nitrogens with zero attached hydrogens (tertiary/aromatic N) is 1. The average Bonchev–Trinajstić information content (AvgIpc) is 2.68. The fourth-order valence-electron chi connectivity index (χ4n) is 2.78. The van der Waals surface area contributed by atoms with Gasteiger partial charge in [-0.2, -0.15) is 0 Å². The summed E-state index contributed by atoms with van der Waals surface area (Å²) < 4.78 is 2.17. The van der Waals surface area contributed by atoms with Gasteiger partial charge in [0.2, 0.25) is 0 Å². The largest absolute Gasteiger partial charge is 0.506 e. The van der Waals surface area contributed by atoms with Crippen molar-refractivity contribution in [3.63, 3.8) is 0 Å². The number of rotatable bonds is 4. The molecule has 1 aromatic heterocycles. The molecule has 3 nitrogen and oxygen atoms in total. The van der Waals surface area contributed by atoms with Crippen LogP contribution in [0.4, 0.5) is 0 Å². The highest BCUT2D eigenvalue weighted by molar-refractivity contribution is 5.89. The van der Waals surface area contributed by atoms with Crippen LogP contribution in [0.15, 0.2) is 24.4 Å². The van der Waals surface area contributed by atoms with Gasteiger partial charge in [-0.05, 0) is 38.3 Å². The zero-order chi connectivity index (χ0) is 13.4. The Hall–Kier alpha value is -1.48. The van der Waals surface area contributed by atoms with E-state index in [0.717, 1.165) is 12.1 Å². The van der Waals surface area contributed by atoms with E-state index >= 15 is 0 Å². The summed E-state index contributed by atoms with van der Waals surface area (Å²) in [5.74, 6) is 0.376. The van der Waals surface area contributed by atoms with Crippen LogP contribution in [-0.4, -0.2) is 15.7 Å². The normalized spacial score (nSPS) is 16.2. The summed E-state index contributed by atoms with van der Waals surface area (Å²) in [6.07, 6.45) is 6.13. The molecule has 3 rings (SSSR count). The summed E-state index contributed by atoms with van der Waals surface area (Å²) in [6, 6.07) is 6.84. The molecule has 0 unspecified atom stereocenters. The Morgan fingerprint density at radius 2 is 2.16 bits per heavy atom. The summed E-state index contributed by atoms with van der Waals surface area (Å²) in [5, 5.41) is 14.9. The summed E-state index contributed by atoms with van der Waals surface area (Å²) >= 11 is 0. The van der Waals surface area contributed by atoms with E-state index in [1.807, 2.05) is 6.07 Å². The Morgan fingerprint density at radius 3 is 2.79 bits per heavy atom. The van der Waals surface area contributed by atoms with E-state index in [1.54, 1.807) is 6.07 Å². The smallest absolute Gasteiger partial charge is 0.139 e. The fraction of sp³-hybridized carbons (Fsp3) is 0.500. The first-order chi connectivity index (χ1) is 9.16. The Labute approximate surface area is 114 Å². The lowest BCUT2D eigenvalue weighted by atomic mass is 9.93. The molecule has 0 bridgehead atoms. The summed E-state index contributed by atoms with van der Waals surface area (Å²) in [6.45, 7) is 5.19. The number of aromatic nitrogens is 1. The Morgan fingerprint density at radius 1 is 1.37 bits per heavy atom. The Kier molecular flexibility index (Phi) is 3.23. The molecule has 1 heterocycles. The van der Waals surface area contributed by atoms with Gasteiger partial charge in [-0.1, -0.05) is 18.6 Å². The topological polar surface area (TPSA) is 37.2 Å². The van der Waals surface area contributed by atoms with Crippen molar-refractivity contribution in [3.8, 4) is 5.75 Å². The first-order valence-corrected chi connectivity index (χ1v) is 7.21. The van der Waals surface area contributed by atoms with Gasteiger partial charge < -0.3 is 15.0 Å². The molecule has 0 aliphatic heterocycles. The van der Waals surface area contributed by atoms with Gasteiger partial charge in [0.1, 0.15) is 5.75 Å². The minimum absolute atomic E-state index is 0.355. The third-order valence-electron chi connectivity index (χ3n) is 4.16. The van der Waals surface area contributed by atoms with Gasteiger partial charge in [0, 0.05) is 30.2 Å². The molecule has 0 atom stereocenters. The van der Waals surface area contributed by atoms with Crippen LogP contribution >= 0.6 is 0 Å². The molecular formula is C16H22N2O. The third-order valence-corrected chi connectivity index (χ3v) is 4.16. The van der Waals surface area contributed by atoms with Crippen molar-refractivity contribution in [1.82, 2.24) is 9.88 Å². The number of phenols is 1. The molecule has 0 spiro atoms. The van der Waals surface area contributed by atoms with Crippen LogP contribution in [0.5, 0.6) is 5.75 Å². The fourth-order valence-corrected chi connectivity index (χ4v) is 2.78. The van der Waals surface area contributed by atoms with Crippen molar-refractivity contribution >= 4 is 10.9 Å². The summed E-state index contributed by atoms with van der Waals surface area (Å²) in [5.41, 5.74) is 2.24. The number of nitrogens with one attached hydrogen (secondary N) is 1. The van der Waals surface area contributed by atoms with Crippen LogP contribution in [0, 0.1) is 0 Å². The van der Waals surface area contributed by atoms with Gasteiger partial charge in [0.25, 0.3) is 0 Å². The van der Waals surface area contributed by atoms with Crippen molar-refractivity contribution in [2.75, 3.05) is 0 Å². The first-order valence-electron chi connectivity index (χ1n) is 7.21. The zero-order valence-electron chi connectivity index (χ0n) is 11.7. The van der Waals surface area contributed by atoms with Crippen molar-refractivity contribution in [1.29, 1.82) is 0 Å². The predicted molar refractivity (Wildman–Crippen MR) is 78.5 cm³/mol. The maximum Gasteiger partial charge on any atom is 0.139 e. The van der Waals surface area contributed by atoms with E-state index in [4.69, 9.17) is 0 Å². The number of fused-ring (bicyclic) bond motifs is 1. The number of para-hydroxylation sites is 1. The molecule has 0 amide bonds. The second-order valence-corrected chi connectivity index (χ2v) is 5.84. The van der Waals surface area contributed by atoms with Crippen molar-refractivity contribution in [3.05, 3.63) is 30.0 Å². The lowest BCUT2D eigenvalue weighted by Gasteiger charge is -2.26. The maximum absolute atomic E-state index is 10.1. The number of hydrogen-bond acceptors (Lipinski definition) is 2. The van der Waals surface area contributed by atoms with Gasteiger partial charge in [0.05, 0.1) is 5.52 Å². The first kappa shape index (κ1) is 12.5. The van der Waals surface area contributed by atoms with E-state index in [1.165, 1.54) is 30.2 Å². The van der Waals surface area contributed by atoms with Gasteiger partial charge >= 0.3 is 0 Å². The van der Waals surface area contributed by atoms with Crippen LogP contribution < -0.4 is 5.32 Å². The molecule has 1 saturated carbocycles. The molecule has 0 radical (unpaired) electrons. The van der Waals surface area contributed by atoms with E-state index in [-0.39, 0.29) is 0 Å². The number of hydrogen-bond donors (Lipinski definition) is 2. The highest BCUT2D eigenvalue weighted by atomic mass is 16.3. The molecule has 1 fully saturated rings. The van der Waals surface area contributed by atoms with Gasteiger partial charge in [-0.3, -0.25) is 0 Å². The number of aromatic hydroxyl groups is 1. The van der Waals surface area contributed by atoms with Crippen LogP contribution in [0.3, 0.4) is 0 Å². The Bertz CT molecular complexity index is 582. The maximum atomic E-state index is 10.1. The highest BCUT2D eigenvalue weighted by Crippen LogP contribution is 2.31. The van der Waals surface area contributed by atoms with E-state index in [0.29, 0.717) is 17.8 Å². The summed E-state index contributed by atoms with van der Waals surface area (Å²) in [4.78, 5) is 0. The average molecular weight is 258 g/mol. The molecule has 2 aromatic rings. The molecule has 102 valence electrons. The van der Waals surface area contributed by atoms with Gasteiger partial charge in [-0.15, -0.1) is 0 Å². The van der Waals surface area contributed by atoms with E-state index in [9.17, 15) is 5.11 Å². The van der Waals surface area contributed by atoms with E-state index in [2.05, 4.69) is 36.0 Å². The van der Waals surface area contributed by atoms with Crippen LogP contribution in [0.1, 0.15) is 44.7 Å². The highest BCUT2D eigenvalue weighted by Gasteiger charge is 2.18. The van der Waals surface area contributed by atoms with Crippen molar-refractivity contribution in [2.24, 2.45) is 0 Å². The second-order valence-electron chi connectivity index (χ2n) is 5.84. The molecular weight excluding hydrogens is 236 g/mol. The zero-order valence-corrected chi connectivity index (χ0v) is 11.7. The van der Waals surface area contributed by atoms with E-state index < -0.39 is 0 Å². The van der Waals surface area contributed by atoms with Crippen molar-refractivity contribution < 1.29 is 5.11 Å². The number of phenolic OH excluding ortho intramolecular Hbond substituents is 1. The van der Waals surface area contributed by atoms with Crippen LogP contribution in [0.2, 0.25) is 0 Å². The molecule has 1 aromatic carbocycles. The molecule has 19 heavy (non-hydrogen) atoms. The molecule has 0 saturated heterocycles. The molecule has 3 heteroatoms. The van der Waals surface area contributed by atoms with Crippen LogP contribution in [-0.2, 0) is 6.54 Å². The van der Waals surface area contributed by atoms with Gasteiger partial charge in [0.15, 0.2) is 0 Å². The monoisotopic (exact) mass is 258 g/mol. The molecule has 2 N–H and O–H groups in total. The second kappa shape index (κ2) is 4.89. The minimum atomic E-state index is 0.355. The lowest BCUT2D eigenvalue weighted by molar-refractivity contribution is 0.338. The Balaban J connectivity index is 1.96. The summed E-state index contributed by atoms with van der Waals surface area (Å²) in [7, 11) is 0. The minimum Gasteiger partial charge on any atom is -0.506 e. The van der Waals surface area contributed by atoms with Crippen LogP contribution in [0.25, 0.3) is 10.9 Å². The standard InChI is InChI=1S/C16H22N2O/c1-11(2)18-10-12(9-17-13-5-3-6-13)14-7-4-8-15(19)16(14)18/h4,7-8,10-11,13,17,19H,3,5-6,9H2,1-2H3. The SMILES string of the molecule is CC(C)n1cc(CNC2CCC2)c2cccc(O)c21. The quantitative estimate of drug-likeness (QED) is 0.879. The van der Waals surface area contributed by atoms with Crippen molar-refractivity contribution in [2.45, 2.75) is 51.7 Å². The predicted octanol–water partition coefficient (Wildman–Crippen LogP) is 3.57.